The second-order valence-corrected chi connectivity index (χ2v) is 6.85. The number of alkyl carbamates (subject to hydrolysis) is 1. The van der Waals surface area contributed by atoms with Gasteiger partial charge in [-0.15, -0.1) is 0 Å². The van der Waals surface area contributed by atoms with Crippen molar-refractivity contribution in [1.82, 2.24) is 10.3 Å². The Bertz CT molecular complexity index is 756. The van der Waals surface area contributed by atoms with E-state index in [0.717, 1.165) is 5.56 Å². The van der Waals surface area contributed by atoms with E-state index < -0.39 is 17.7 Å². The zero-order chi connectivity index (χ0) is 17.4. The standard InChI is InChI=1S/C17H20ClFN2O2/c1-9-6-7-13(19)12-8-11(15(18)21-14(9)12)10(2)20-16(22)23-17(3,4)5/h6-8,10H,1-5H3,(H,20,22)/t10-/m0/s1. The number of hydrogen-bond acceptors (Lipinski definition) is 3. The normalized spacial score (nSPS) is 13.0. The predicted molar refractivity (Wildman–Crippen MR) is 89.2 cm³/mol. The number of carbonyl (C=O) groups is 1. The third-order valence-corrected chi connectivity index (χ3v) is 3.62. The van der Waals surface area contributed by atoms with Gasteiger partial charge < -0.3 is 10.1 Å². The zero-order valence-electron chi connectivity index (χ0n) is 13.8. The van der Waals surface area contributed by atoms with Crippen LogP contribution in [0.25, 0.3) is 10.9 Å². The second-order valence-electron chi connectivity index (χ2n) is 6.50. The summed E-state index contributed by atoms with van der Waals surface area (Å²) in [6, 6.07) is 4.20. The molecule has 0 fully saturated rings. The van der Waals surface area contributed by atoms with Gasteiger partial charge in [0.25, 0.3) is 0 Å². The van der Waals surface area contributed by atoms with Crippen LogP contribution in [0.15, 0.2) is 18.2 Å². The Hall–Kier alpha value is -1.88. The van der Waals surface area contributed by atoms with Crippen molar-refractivity contribution in [2.24, 2.45) is 0 Å². The number of pyridine rings is 1. The molecular formula is C17H20ClFN2O2. The molecule has 0 saturated heterocycles. The van der Waals surface area contributed by atoms with Gasteiger partial charge in [0, 0.05) is 10.9 Å². The maximum atomic E-state index is 14.0. The minimum Gasteiger partial charge on any atom is -0.444 e. The molecule has 1 aromatic heterocycles. The lowest BCUT2D eigenvalue weighted by molar-refractivity contribution is 0.0508. The molecule has 124 valence electrons. The molecule has 0 saturated carbocycles. The molecule has 23 heavy (non-hydrogen) atoms. The second kappa shape index (κ2) is 6.32. The molecule has 1 amide bonds. The molecular weight excluding hydrogens is 319 g/mol. The Balaban J connectivity index is 2.34. The third-order valence-electron chi connectivity index (χ3n) is 3.31. The SMILES string of the molecule is Cc1ccc(F)c2cc([C@H](C)NC(=O)OC(C)(C)C)c(Cl)nc12. The average molecular weight is 339 g/mol. The molecule has 2 rings (SSSR count). The quantitative estimate of drug-likeness (QED) is 0.790. The van der Waals surface area contributed by atoms with Gasteiger partial charge in [-0.3, -0.25) is 0 Å². The average Bonchev–Trinajstić information content (AvgIpc) is 2.40. The monoisotopic (exact) mass is 338 g/mol. The first-order chi connectivity index (χ1) is 10.6. The highest BCUT2D eigenvalue weighted by molar-refractivity contribution is 6.30. The Morgan fingerprint density at radius 1 is 1.39 bits per heavy atom. The highest BCUT2D eigenvalue weighted by Gasteiger charge is 2.21. The maximum absolute atomic E-state index is 14.0. The number of benzene rings is 1. The van der Waals surface area contributed by atoms with Crippen LogP contribution in [-0.2, 0) is 4.74 Å². The van der Waals surface area contributed by atoms with Gasteiger partial charge in [-0.2, -0.15) is 0 Å². The summed E-state index contributed by atoms with van der Waals surface area (Å²) in [7, 11) is 0. The van der Waals surface area contributed by atoms with Crippen molar-refractivity contribution in [2.45, 2.75) is 46.3 Å². The number of aryl methyl sites for hydroxylation is 1. The van der Waals surface area contributed by atoms with Crippen molar-refractivity contribution in [3.05, 3.63) is 40.3 Å². The molecule has 0 aliphatic heterocycles. The molecule has 2 aromatic rings. The molecule has 1 N–H and O–H groups in total. The van der Waals surface area contributed by atoms with Crippen molar-refractivity contribution in [1.29, 1.82) is 0 Å². The van der Waals surface area contributed by atoms with Crippen LogP contribution in [0.5, 0.6) is 0 Å². The lowest BCUT2D eigenvalue weighted by atomic mass is 10.1. The van der Waals surface area contributed by atoms with Crippen molar-refractivity contribution in [3.8, 4) is 0 Å². The van der Waals surface area contributed by atoms with Crippen LogP contribution in [0.1, 0.15) is 44.9 Å². The molecule has 6 heteroatoms. The minimum absolute atomic E-state index is 0.231. The van der Waals surface area contributed by atoms with Gasteiger partial charge in [-0.25, -0.2) is 14.2 Å². The first-order valence-electron chi connectivity index (χ1n) is 7.33. The molecule has 1 atom stereocenters. The predicted octanol–water partition coefficient (Wildman–Crippen LogP) is 4.92. The van der Waals surface area contributed by atoms with E-state index in [1.807, 2.05) is 6.92 Å². The topological polar surface area (TPSA) is 51.2 Å². The van der Waals surface area contributed by atoms with Crippen LogP contribution in [-0.4, -0.2) is 16.7 Å². The number of aromatic nitrogens is 1. The van der Waals surface area contributed by atoms with E-state index in [0.29, 0.717) is 16.5 Å². The number of hydrogen-bond donors (Lipinski definition) is 1. The molecule has 1 aromatic carbocycles. The summed E-state index contributed by atoms with van der Waals surface area (Å²) in [5, 5.41) is 3.29. The van der Waals surface area contributed by atoms with Crippen LogP contribution < -0.4 is 5.32 Å². The summed E-state index contributed by atoms with van der Waals surface area (Å²) in [6.45, 7) is 8.92. The van der Waals surface area contributed by atoms with E-state index in [1.165, 1.54) is 6.07 Å². The van der Waals surface area contributed by atoms with Gasteiger partial charge in [0.15, 0.2) is 0 Å². The summed E-state index contributed by atoms with van der Waals surface area (Å²) in [5.74, 6) is -0.375. The molecule has 0 spiro atoms. The Morgan fingerprint density at radius 2 is 2.04 bits per heavy atom. The largest absolute Gasteiger partial charge is 0.444 e. The number of halogens is 2. The van der Waals surface area contributed by atoms with Gasteiger partial charge >= 0.3 is 6.09 Å². The smallest absolute Gasteiger partial charge is 0.408 e. The van der Waals surface area contributed by atoms with E-state index in [2.05, 4.69) is 10.3 Å². The fraction of sp³-hybridized carbons (Fsp3) is 0.412. The van der Waals surface area contributed by atoms with E-state index in [9.17, 15) is 9.18 Å². The lowest BCUT2D eigenvalue weighted by Gasteiger charge is -2.22. The minimum atomic E-state index is -0.599. The van der Waals surface area contributed by atoms with Crippen LogP contribution in [0.3, 0.4) is 0 Å². The van der Waals surface area contributed by atoms with Crippen molar-refractivity contribution in [3.63, 3.8) is 0 Å². The van der Waals surface area contributed by atoms with Gasteiger partial charge in [0.1, 0.15) is 16.6 Å². The number of carbonyl (C=O) groups excluding carboxylic acids is 1. The zero-order valence-corrected chi connectivity index (χ0v) is 14.6. The maximum Gasteiger partial charge on any atom is 0.408 e. The summed E-state index contributed by atoms with van der Waals surface area (Å²) in [4.78, 5) is 16.1. The summed E-state index contributed by atoms with van der Waals surface area (Å²) in [6.07, 6.45) is -0.564. The lowest BCUT2D eigenvalue weighted by Crippen LogP contribution is -2.34. The molecule has 0 aliphatic carbocycles. The van der Waals surface area contributed by atoms with E-state index in [1.54, 1.807) is 39.8 Å². The summed E-state index contributed by atoms with van der Waals surface area (Å²) >= 11 is 6.21. The fourth-order valence-electron chi connectivity index (χ4n) is 2.22. The number of nitrogens with zero attached hydrogens (tertiary/aromatic N) is 1. The molecule has 4 nitrogen and oxygen atoms in total. The number of amides is 1. The molecule has 0 bridgehead atoms. The van der Waals surface area contributed by atoms with Gasteiger partial charge in [0.05, 0.1) is 11.6 Å². The Morgan fingerprint density at radius 3 is 2.65 bits per heavy atom. The highest BCUT2D eigenvalue weighted by Crippen LogP contribution is 2.29. The summed E-state index contributed by atoms with van der Waals surface area (Å²) in [5.41, 5.74) is 1.29. The Labute approximate surface area is 140 Å². The Kier molecular flexibility index (Phi) is 4.80. The molecule has 0 aliphatic rings. The van der Waals surface area contributed by atoms with E-state index >= 15 is 0 Å². The van der Waals surface area contributed by atoms with Gasteiger partial charge in [-0.05, 0) is 52.3 Å². The van der Waals surface area contributed by atoms with Crippen LogP contribution >= 0.6 is 11.6 Å². The number of nitrogens with one attached hydrogen (secondary N) is 1. The van der Waals surface area contributed by atoms with Crippen molar-refractivity contribution < 1.29 is 13.9 Å². The van der Waals surface area contributed by atoms with Crippen molar-refractivity contribution >= 4 is 28.6 Å². The van der Waals surface area contributed by atoms with Gasteiger partial charge in [0.2, 0.25) is 0 Å². The van der Waals surface area contributed by atoms with Crippen LogP contribution in [0.2, 0.25) is 5.15 Å². The van der Waals surface area contributed by atoms with E-state index in [-0.39, 0.29) is 11.0 Å². The number of ether oxygens (including phenoxy) is 1. The molecule has 1 heterocycles. The molecule has 0 radical (unpaired) electrons. The molecule has 0 unspecified atom stereocenters. The number of fused-ring (bicyclic) bond motifs is 1. The fourth-order valence-corrected chi connectivity index (χ4v) is 2.52. The highest BCUT2D eigenvalue weighted by atomic mass is 35.5. The number of rotatable bonds is 2. The first kappa shape index (κ1) is 17.5. The van der Waals surface area contributed by atoms with Gasteiger partial charge in [-0.1, -0.05) is 17.7 Å². The van der Waals surface area contributed by atoms with Crippen molar-refractivity contribution in [2.75, 3.05) is 0 Å². The summed E-state index contributed by atoms with van der Waals surface area (Å²) < 4.78 is 19.2. The van der Waals surface area contributed by atoms with Crippen LogP contribution in [0.4, 0.5) is 9.18 Å². The third kappa shape index (κ3) is 4.10. The van der Waals surface area contributed by atoms with E-state index in [4.69, 9.17) is 16.3 Å². The van der Waals surface area contributed by atoms with Crippen LogP contribution in [0, 0.1) is 12.7 Å². The first-order valence-corrected chi connectivity index (χ1v) is 7.71.